The lowest BCUT2D eigenvalue weighted by Gasteiger charge is -2.06. The van der Waals surface area contributed by atoms with E-state index in [0.29, 0.717) is 29.1 Å². The van der Waals surface area contributed by atoms with Crippen LogP contribution in [0.2, 0.25) is 10.0 Å². The normalized spacial score (nSPS) is 10.4. The second-order valence-electron chi connectivity index (χ2n) is 3.61. The van der Waals surface area contributed by atoms with Crippen molar-refractivity contribution in [1.82, 2.24) is 9.97 Å². The molecule has 0 unspecified atom stereocenters. The van der Waals surface area contributed by atoms with E-state index in [2.05, 4.69) is 15.3 Å². The van der Waals surface area contributed by atoms with Crippen LogP contribution in [0.25, 0.3) is 11.3 Å². The molecule has 0 amide bonds. The van der Waals surface area contributed by atoms with E-state index < -0.39 is 0 Å². The van der Waals surface area contributed by atoms with Crippen LogP contribution in [-0.2, 0) is 0 Å². The molecule has 0 atom stereocenters. The van der Waals surface area contributed by atoms with Gasteiger partial charge in [0, 0.05) is 24.8 Å². The van der Waals surface area contributed by atoms with Crippen LogP contribution in [0.5, 0.6) is 0 Å². The van der Waals surface area contributed by atoms with E-state index in [9.17, 15) is 0 Å². The molecular weight excluding hydrogens is 271 g/mol. The van der Waals surface area contributed by atoms with Gasteiger partial charge >= 0.3 is 0 Å². The average molecular weight is 283 g/mol. The number of anilines is 1. The third kappa shape index (κ3) is 3.10. The predicted octanol–water partition coefficient (Wildman–Crippen LogP) is 2.82. The molecule has 4 nitrogen and oxygen atoms in total. The molecule has 94 valence electrons. The highest BCUT2D eigenvalue weighted by Crippen LogP contribution is 2.27. The molecule has 0 aliphatic rings. The van der Waals surface area contributed by atoms with Gasteiger partial charge in [-0.25, -0.2) is 9.97 Å². The maximum absolute atomic E-state index is 5.98. The van der Waals surface area contributed by atoms with E-state index in [0.717, 1.165) is 11.3 Å². The van der Waals surface area contributed by atoms with E-state index in [1.54, 1.807) is 18.3 Å². The fraction of sp³-hybridized carbons (Fsp3) is 0.167. The minimum atomic E-state index is 0.504. The lowest BCUT2D eigenvalue weighted by Crippen LogP contribution is -2.14. The van der Waals surface area contributed by atoms with Crippen molar-refractivity contribution in [1.29, 1.82) is 0 Å². The number of hydrogen-bond donors (Lipinski definition) is 2. The number of aromatic nitrogens is 2. The molecule has 1 heterocycles. The molecule has 0 aliphatic carbocycles. The Morgan fingerprint density at radius 1 is 1.17 bits per heavy atom. The monoisotopic (exact) mass is 282 g/mol. The van der Waals surface area contributed by atoms with Crippen LogP contribution in [0.15, 0.2) is 30.5 Å². The van der Waals surface area contributed by atoms with Gasteiger partial charge in [-0.15, -0.1) is 0 Å². The third-order valence-corrected chi connectivity index (χ3v) is 3.04. The Hall–Kier alpha value is -1.36. The molecule has 0 spiro atoms. The molecule has 1 aromatic heterocycles. The van der Waals surface area contributed by atoms with E-state index in [1.165, 1.54) is 0 Å². The van der Waals surface area contributed by atoms with Crippen molar-refractivity contribution >= 4 is 29.2 Å². The molecule has 2 aromatic rings. The summed E-state index contributed by atoms with van der Waals surface area (Å²) >= 11 is 11.9. The zero-order valence-corrected chi connectivity index (χ0v) is 11.0. The van der Waals surface area contributed by atoms with Crippen molar-refractivity contribution < 1.29 is 0 Å². The Balaban J connectivity index is 2.29. The van der Waals surface area contributed by atoms with Crippen LogP contribution < -0.4 is 11.1 Å². The summed E-state index contributed by atoms with van der Waals surface area (Å²) in [6, 6.07) is 7.20. The van der Waals surface area contributed by atoms with Crippen LogP contribution in [0.4, 0.5) is 5.95 Å². The Morgan fingerprint density at radius 2 is 2.00 bits per heavy atom. The highest BCUT2D eigenvalue weighted by atomic mass is 35.5. The summed E-state index contributed by atoms with van der Waals surface area (Å²) in [7, 11) is 0. The number of nitrogens with one attached hydrogen (secondary N) is 1. The first-order valence-corrected chi connectivity index (χ1v) is 6.18. The third-order valence-electron chi connectivity index (χ3n) is 2.30. The molecule has 0 radical (unpaired) electrons. The molecule has 0 aliphatic heterocycles. The van der Waals surface area contributed by atoms with Crippen LogP contribution in [0.1, 0.15) is 0 Å². The van der Waals surface area contributed by atoms with Crippen molar-refractivity contribution in [2.24, 2.45) is 5.73 Å². The van der Waals surface area contributed by atoms with Crippen molar-refractivity contribution in [2.75, 3.05) is 18.4 Å². The molecule has 6 heteroatoms. The van der Waals surface area contributed by atoms with Crippen LogP contribution >= 0.6 is 23.2 Å². The zero-order chi connectivity index (χ0) is 13.0. The van der Waals surface area contributed by atoms with E-state index >= 15 is 0 Å². The first-order valence-electron chi connectivity index (χ1n) is 5.43. The Bertz CT molecular complexity index is 545. The van der Waals surface area contributed by atoms with Gasteiger partial charge in [0.05, 0.1) is 15.7 Å². The van der Waals surface area contributed by atoms with Crippen molar-refractivity contribution in [3.63, 3.8) is 0 Å². The molecule has 0 bridgehead atoms. The Labute approximate surface area is 115 Å². The molecule has 0 saturated heterocycles. The summed E-state index contributed by atoms with van der Waals surface area (Å²) in [6.45, 7) is 1.16. The van der Waals surface area contributed by atoms with Crippen LogP contribution in [-0.4, -0.2) is 23.1 Å². The quantitative estimate of drug-likeness (QED) is 0.905. The number of benzene rings is 1. The van der Waals surface area contributed by atoms with Gasteiger partial charge < -0.3 is 11.1 Å². The van der Waals surface area contributed by atoms with Crippen molar-refractivity contribution in [3.8, 4) is 11.3 Å². The average Bonchev–Trinajstić information content (AvgIpc) is 2.40. The lowest BCUT2D eigenvalue weighted by molar-refractivity contribution is 0.990. The second kappa shape index (κ2) is 6.00. The van der Waals surface area contributed by atoms with Gasteiger partial charge in [-0.2, -0.15) is 0 Å². The second-order valence-corrected chi connectivity index (χ2v) is 4.42. The van der Waals surface area contributed by atoms with Gasteiger partial charge in [-0.1, -0.05) is 29.3 Å². The lowest BCUT2D eigenvalue weighted by atomic mass is 10.1. The molecular formula is C12H12Cl2N4. The maximum atomic E-state index is 5.98. The van der Waals surface area contributed by atoms with E-state index in [1.807, 2.05) is 12.1 Å². The van der Waals surface area contributed by atoms with Gasteiger partial charge in [0.2, 0.25) is 5.95 Å². The van der Waals surface area contributed by atoms with Crippen molar-refractivity contribution in [2.45, 2.75) is 0 Å². The highest BCUT2D eigenvalue weighted by molar-refractivity contribution is 6.42. The van der Waals surface area contributed by atoms with Gasteiger partial charge in [-0.3, -0.25) is 0 Å². The molecule has 0 fully saturated rings. The predicted molar refractivity (Wildman–Crippen MR) is 75.0 cm³/mol. The molecule has 1 aromatic carbocycles. The molecule has 3 N–H and O–H groups in total. The maximum Gasteiger partial charge on any atom is 0.223 e. The standard InChI is InChI=1S/C12H12Cl2N4/c13-9-2-1-8(7-10(9)14)11-3-5-16-12(18-11)17-6-4-15/h1-3,5,7H,4,6,15H2,(H,16,17,18). The van der Waals surface area contributed by atoms with Gasteiger partial charge in [0.1, 0.15) is 0 Å². The minimum absolute atomic E-state index is 0.504. The summed E-state index contributed by atoms with van der Waals surface area (Å²) in [6.07, 6.45) is 1.68. The Morgan fingerprint density at radius 3 is 2.72 bits per heavy atom. The SMILES string of the molecule is NCCNc1nccc(-c2ccc(Cl)c(Cl)c2)n1. The number of nitrogens with two attached hydrogens (primary N) is 1. The fourth-order valence-corrected chi connectivity index (χ4v) is 1.74. The largest absolute Gasteiger partial charge is 0.353 e. The summed E-state index contributed by atoms with van der Waals surface area (Å²) in [5.41, 5.74) is 7.08. The van der Waals surface area contributed by atoms with Crippen LogP contribution in [0.3, 0.4) is 0 Å². The van der Waals surface area contributed by atoms with E-state index in [4.69, 9.17) is 28.9 Å². The molecule has 18 heavy (non-hydrogen) atoms. The first-order chi connectivity index (χ1) is 8.70. The summed E-state index contributed by atoms with van der Waals surface area (Å²) in [4.78, 5) is 8.48. The van der Waals surface area contributed by atoms with Crippen LogP contribution in [0, 0.1) is 0 Å². The summed E-state index contributed by atoms with van der Waals surface area (Å²) < 4.78 is 0. The molecule has 0 saturated carbocycles. The highest BCUT2D eigenvalue weighted by Gasteiger charge is 2.04. The summed E-state index contributed by atoms with van der Waals surface area (Å²) in [5, 5.41) is 4.05. The first kappa shape index (κ1) is 13.1. The topological polar surface area (TPSA) is 63.8 Å². The molecule has 2 rings (SSSR count). The Kier molecular flexibility index (Phi) is 4.36. The van der Waals surface area contributed by atoms with E-state index in [-0.39, 0.29) is 0 Å². The number of halogens is 2. The minimum Gasteiger partial charge on any atom is -0.353 e. The summed E-state index contributed by atoms with van der Waals surface area (Å²) in [5.74, 6) is 0.545. The smallest absolute Gasteiger partial charge is 0.223 e. The number of hydrogen-bond acceptors (Lipinski definition) is 4. The van der Waals surface area contributed by atoms with Crippen molar-refractivity contribution in [3.05, 3.63) is 40.5 Å². The fourth-order valence-electron chi connectivity index (χ4n) is 1.44. The number of rotatable bonds is 4. The number of nitrogens with zero attached hydrogens (tertiary/aromatic N) is 2. The van der Waals surface area contributed by atoms with Gasteiger partial charge in [0.15, 0.2) is 0 Å². The van der Waals surface area contributed by atoms with Gasteiger partial charge in [-0.05, 0) is 18.2 Å². The zero-order valence-electron chi connectivity index (χ0n) is 9.53. The van der Waals surface area contributed by atoms with Gasteiger partial charge in [0.25, 0.3) is 0 Å².